The molecule has 3 heteroatoms. The number of rotatable bonds is 1. The summed E-state index contributed by atoms with van der Waals surface area (Å²) >= 11 is 0. The summed E-state index contributed by atoms with van der Waals surface area (Å²) in [5, 5.41) is 1.20. The maximum Gasteiger partial charge on any atom is 0.185 e. The van der Waals surface area contributed by atoms with Crippen molar-refractivity contribution in [2.24, 2.45) is 0 Å². The molecule has 1 N–H and O–H groups in total. The van der Waals surface area contributed by atoms with Gasteiger partial charge in [-0.1, -0.05) is 12.1 Å². The molecular weight excluding hydrogens is 226 g/mol. The first-order chi connectivity index (χ1) is 8.39. The van der Waals surface area contributed by atoms with Crippen LogP contribution in [0.4, 0.5) is 0 Å². The van der Waals surface area contributed by atoms with Gasteiger partial charge in [-0.05, 0) is 45.2 Å². The summed E-state index contributed by atoms with van der Waals surface area (Å²) in [5.74, 6) is 0. The Balaban J connectivity index is 1.96. The minimum atomic E-state index is -0.289. The van der Waals surface area contributed by atoms with Crippen molar-refractivity contribution >= 4 is 10.9 Å². The van der Waals surface area contributed by atoms with Gasteiger partial charge in [0.25, 0.3) is 0 Å². The van der Waals surface area contributed by atoms with E-state index in [2.05, 4.69) is 56.9 Å². The highest BCUT2D eigenvalue weighted by Gasteiger charge is 2.49. The van der Waals surface area contributed by atoms with E-state index >= 15 is 0 Å². The van der Waals surface area contributed by atoms with Crippen molar-refractivity contribution in [2.75, 3.05) is 0 Å². The van der Waals surface area contributed by atoms with Crippen LogP contribution in [0, 0.1) is 0 Å². The Morgan fingerprint density at radius 2 is 1.67 bits per heavy atom. The van der Waals surface area contributed by atoms with E-state index < -0.39 is 0 Å². The van der Waals surface area contributed by atoms with Gasteiger partial charge in [-0.3, -0.25) is 0 Å². The Bertz CT molecular complexity index is 567. The van der Waals surface area contributed by atoms with Gasteiger partial charge < -0.3 is 14.5 Å². The lowest BCUT2D eigenvalue weighted by molar-refractivity contribution is -0.0894. The number of hydrogen-bond donors (Lipinski definition) is 1. The standard InChI is InChI=1S/C15H19NO2/c1-14(2)15(3,4)18-13(17-14)11-6-5-10-7-8-16-12(10)9-11/h5-9,13,16H,1-4H3. The van der Waals surface area contributed by atoms with Crippen LogP contribution in [-0.2, 0) is 9.47 Å². The fraction of sp³-hybridized carbons (Fsp3) is 0.467. The Hall–Kier alpha value is -1.32. The second-order valence-corrected chi connectivity index (χ2v) is 5.91. The van der Waals surface area contributed by atoms with Crippen LogP contribution in [0.25, 0.3) is 10.9 Å². The molecule has 2 heterocycles. The van der Waals surface area contributed by atoms with E-state index in [1.165, 1.54) is 5.39 Å². The van der Waals surface area contributed by atoms with Crippen LogP contribution < -0.4 is 0 Å². The van der Waals surface area contributed by atoms with Crippen molar-refractivity contribution in [3.05, 3.63) is 36.0 Å². The molecule has 1 aliphatic heterocycles. The summed E-state index contributed by atoms with van der Waals surface area (Å²) in [7, 11) is 0. The molecule has 1 aromatic heterocycles. The number of benzene rings is 1. The zero-order valence-corrected chi connectivity index (χ0v) is 11.3. The van der Waals surface area contributed by atoms with Crippen molar-refractivity contribution in [1.82, 2.24) is 4.98 Å². The highest BCUT2D eigenvalue weighted by Crippen LogP contribution is 2.44. The highest BCUT2D eigenvalue weighted by molar-refractivity contribution is 5.79. The molecule has 1 fully saturated rings. The molecule has 96 valence electrons. The molecule has 0 amide bonds. The van der Waals surface area contributed by atoms with Crippen LogP contribution in [-0.4, -0.2) is 16.2 Å². The predicted molar refractivity (Wildman–Crippen MR) is 71.4 cm³/mol. The first-order valence-corrected chi connectivity index (χ1v) is 6.32. The van der Waals surface area contributed by atoms with Gasteiger partial charge in [0.05, 0.1) is 11.2 Å². The quantitative estimate of drug-likeness (QED) is 0.829. The second-order valence-electron chi connectivity index (χ2n) is 5.91. The maximum absolute atomic E-state index is 6.04. The second kappa shape index (κ2) is 3.59. The number of nitrogens with one attached hydrogen (secondary N) is 1. The zero-order chi connectivity index (χ0) is 13.0. The Labute approximate surface area is 107 Å². The van der Waals surface area contributed by atoms with Crippen LogP contribution in [0.5, 0.6) is 0 Å². The van der Waals surface area contributed by atoms with Crippen LogP contribution in [0.2, 0.25) is 0 Å². The summed E-state index contributed by atoms with van der Waals surface area (Å²) in [6.45, 7) is 8.28. The average Bonchev–Trinajstić information content (AvgIpc) is 2.80. The summed E-state index contributed by atoms with van der Waals surface area (Å²) < 4.78 is 12.1. The normalized spacial score (nSPS) is 22.7. The van der Waals surface area contributed by atoms with E-state index in [0.29, 0.717) is 0 Å². The molecule has 0 unspecified atom stereocenters. The van der Waals surface area contributed by atoms with Crippen LogP contribution in [0.15, 0.2) is 30.5 Å². The van der Waals surface area contributed by atoms with Gasteiger partial charge >= 0.3 is 0 Å². The van der Waals surface area contributed by atoms with Crippen molar-refractivity contribution in [2.45, 2.75) is 45.2 Å². The van der Waals surface area contributed by atoms with E-state index in [-0.39, 0.29) is 17.5 Å². The van der Waals surface area contributed by atoms with Gasteiger partial charge in [-0.25, -0.2) is 0 Å². The molecule has 0 aliphatic carbocycles. The molecule has 3 nitrogen and oxygen atoms in total. The van der Waals surface area contributed by atoms with E-state index in [0.717, 1.165) is 11.1 Å². The molecule has 0 radical (unpaired) electrons. The van der Waals surface area contributed by atoms with Gasteiger partial charge in [-0.15, -0.1) is 0 Å². The van der Waals surface area contributed by atoms with Crippen molar-refractivity contribution in [3.63, 3.8) is 0 Å². The molecule has 0 atom stereocenters. The summed E-state index contributed by atoms with van der Waals surface area (Å²) in [6, 6.07) is 8.31. The van der Waals surface area contributed by atoms with Gasteiger partial charge in [-0.2, -0.15) is 0 Å². The van der Waals surface area contributed by atoms with Gasteiger partial charge in [0.15, 0.2) is 6.29 Å². The fourth-order valence-electron chi connectivity index (χ4n) is 2.19. The van der Waals surface area contributed by atoms with Crippen molar-refractivity contribution < 1.29 is 9.47 Å². The first kappa shape index (κ1) is 11.8. The van der Waals surface area contributed by atoms with Crippen molar-refractivity contribution in [3.8, 4) is 0 Å². The molecule has 0 bridgehead atoms. The van der Waals surface area contributed by atoms with Gasteiger partial charge in [0.2, 0.25) is 0 Å². The average molecular weight is 245 g/mol. The van der Waals surface area contributed by atoms with Gasteiger partial charge in [0.1, 0.15) is 0 Å². The lowest BCUT2D eigenvalue weighted by atomic mass is 9.90. The molecule has 1 aliphatic rings. The number of aromatic amines is 1. The molecule has 3 rings (SSSR count). The van der Waals surface area contributed by atoms with Crippen LogP contribution in [0.3, 0.4) is 0 Å². The number of hydrogen-bond acceptors (Lipinski definition) is 2. The summed E-state index contributed by atoms with van der Waals surface area (Å²) in [6.07, 6.45) is 1.65. The van der Waals surface area contributed by atoms with Crippen LogP contribution in [0.1, 0.15) is 39.5 Å². The molecule has 18 heavy (non-hydrogen) atoms. The molecule has 0 spiro atoms. The van der Waals surface area contributed by atoms with E-state index in [1.807, 2.05) is 6.20 Å². The van der Waals surface area contributed by atoms with E-state index in [1.54, 1.807) is 0 Å². The Morgan fingerprint density at radius 1 is 1.00 bits per heavy atom. The predicted octanol–water partition coefficient (Wildman–Crippen LogP) is 3.77. The summed E-state index contributed by atoms with van der Waals surface area (Å²) in [5.41, 5.74) is 1.59. The van der Waals surface area contributed by atoms with Crippen LogP contribution >= 0.6 is 0 Å². The smallest absolute Gasteiger partial charge is 0.185 e. The highest BCUT2D eigenvalue weighted by atomic mass is 16.7. The van der Waals surface area contributed by atoms with Crippen molar-refractivity contribution in [1.29, 1.82) is 0 Å². The Kier molecular flexibility index (Phi) is 2.34. The zero-order valence-electron chi connectivity index (χ0n) is 11.3. The minimum absolute atomic E-state index is 0.289. The van der Waals surface area contributed by atoms with Gasteiger partial charge in [0, 0.05) is 17.3 Å². The first-order valence-electron chi connectivity index (χ1n) is 6.32. The monoisotopic (exact) mass is 245 g/mol. The summed E-state index contributed by atoms with van der Waals surface area (Å²) in [4.78, 5) is 3.21. The number of ether oxygens (including phenoxy) is 2. The lowest BCUT2D eigenvalue weighted by Crippen LogP contribution is -2.41. The number of aromatic nitrogens is 1. The maximum atomic E-state index is 6.04. The SMILES string of the molecule is CC1(C)OC(c2ccc3cc[nH]c3c2)OC1(C)C. The molecule has 2 aromatic rings. The number of fused-ring (bicyclic) bond motifs is 1. The minimum Gasteiger partial charge on any atom is -0.361 e. The fourth-order valence-corrected chi connectivity index (χ4v) is 2.19. The molecule has 1 aromatic carbocycles. The third-order valence-corrected chi connectivity index (χ3v) is 4.10. The van der Waals surface area contributed by atoms with E-state index in [9.17, 15) is 0 Å². The largest absolute Gasteiger partial charge is 0.361 e. The topological polar surface area (TPSA) is 34.2 Å². The third kappa shape index (κ3) is 1.66. The molecule has 0 saturated carbocycles. The third-order valence-electron chi connectivity index (χ3n) is 4.10. The lowest BCUT2D eigenvalue weighted by Gasteiger charge is -2.30. The molecular formula is C15H19NO2. The number of H-pyrrole nitrogens is 1. The molecule has 1 saturated heterocycles. The Morgan fingerprint density at radius 3 is 2.33 bits per heavy atom. The van der Waals surface area contributed by atoms with E-state index in [4.69, 9.17) is 9.47 Å².